The molecule has 1 rings (SSSR count). The molecule has 1 saturated heterocycles. The fourth-order valence-corrected chi connectivity index (χ4v) is 3.35. The zero-order chi connectivity index (χ0) is 15.0. The van der Waals surface area contributed by atoms with Crippen LogP contribution >= 0.6 is 0 Å². The molecule has 0 saturated carbocycles. The van der Waals surface area contributed by atoms with Crippen LogP contribution in [0.1, 0.15) is 59.3 Å². The minimum absolute atomic E-state index is 0.162. The van der Waals surface area contributed by atoms with Gasteiger partial charge in [-0.15, -0.1) is 0 Å². The molecular formula is C16H33N3O. The summed E-state index contributed by atoms with van der Waals surface area (Å²) in [5.41, 5.74) is 5.59. The van der Waals surface area contributed by atoms with Crippen molar-refractivity contribution in [3.63, 3.8) is 0 Å². The first kappa shape index (κ1) is 17.4. The monoisotopic (exact) mass is 283 g/mol. The number of nitrogens with zero attached hydrogens (tertiary/aromatic N) is 1. The quantitative estimate of drug-likeness (QED) is 0.681. The highest BCUT2D eigenvalue weighted by molar-refractivity contribution is 5.82. The molecule has 0 radical (unpaired) electrons. The molecule has 0 bridgehead atoms. The predicted octanol–water partition coefficient (Wildman–Crippen LogP) is 2.13. The lowest BCUT2D eigenvalue weighted by Crippen LogP contribution is -2.49. The van der Waals surface area contributed by atoms with Crippen LogP contribution in [0.4, 0.5) is 0 Å². The molecule has 4 nitrogen and oxygen atoms in total. The van der Waals surface area contributed by atoms with Crippen molar-refractivity contribution in [1.82, 2.24) is 10.2 Å². The third kappa shape index (κ3) is 4.45. The van der Waals surface area contributed by atoms with E-state index in [-0.39, 0.29) is 11.3 Å². The van der Waals surface area contributed by atoms with Gasteiger partial charge in [-0.05, 0) is 45.7 Å². The van der Waals surface area contributed by atoms with E-state index < -0.39 is 0 Å². The highest BCUT2D eigenvalue weighted by Crippen LogP contribution is 2.29. The van der Waals surface area contributed by atoms with E-state index in [4.69, 9.17) is 5.73 Å². The van der Waals surface area contributed by atoms with E-state index in [1.165, 1.54) is 25.9 Å². The SMILES string of the molecule is CCCC(CN)(CCC)C(=O)NCC(C)N1CCCC1. The van der Waals surface area contributed by atoms with E-state index in [1.54, 1.807) is 0 Å². The smallest absolute Gasteiger partial charge is 0.227 e. The lowest BCUT2D eigenvalue weighted by atomic mass is 9.78. The first-order chi connectivity index (χ1) is 9.59. The summed E-state index contributed by atoms with van der Waals surface area (Å²) in [5.74, 6) is 0.162. The Bertz CT molecular complexity index is 281. The summed E-state index contributed by atoms with van der Waals surface area (Å²) < 4.78 is 0. The molecule has 1 aliphatic rings. The second-order valence-corrected chi connectivity index (χ2v) is 6.29. The van der Waals surface area contributed by atoms with Gasteiger partial charge in [0.1, 0.15) is 0 Å². The topological polar surface area (TPSA) is 58.4 Å². The molecule has 0 aliphatic carbocycles. The molecule has 0 aromatic heterocycles. The van der Waals surface area contributed by atoms with Crippen LogP contribution in [-0.2, 0) is 4.79 Å². The summed E-state index contributed by atoms with van der Waals surface area (Å²) in [4.78, 5) is 15.0. The Kier molecular flexibility index (Phi) is 7.52. The van der Waals surface area contributed by atoms with Gasteiger partial charge in [0.2, 0.25) is 5.91 Å². The number of nitrogens with two attached hydrogens (primary N) is 1. The predicted molar refractivity (Wildman–Crippen MR) is 84.6 cm³/mol. The summed E-state index contributed by atoms with van der Waals surface area (Å²) in [6, 6.07) is 0.431. The molecule has 1 heterocycles. The number of amides is 1. The molecule has 4 heteroatoms. The second-order valence-electron chi connectivity index (χ2n) is 6.29. The molecule has 1 amide bonds. The summed E-state index contributed by atoms with van der Waals surface area (Å²) in [6.07, 6.45) is 6.37. The van der Waals surface area contributed by atoms with Crippen molar-refractivity contribution in [3.05, 3.63) is 0 Å². The summed E-state index contributed by atoms with van der Waals surface area (Å²) in [6.45, 7) is 9.99. The van der Waals surface area contributed by atoms with Crippen LogP contribution in [0.15, 0.2) is 0 Å². The molecule has 1 aliphatic heterocycles. The molecule has 0 aromatic rings. The van der Waals surface area contributed by atoms with Crippen LogP contribution < -0.4 is 11.1 Å². The lowest BCUT2D eigenvalue weighted by Gasteiger charge is -2.32. The van der Waals surface area contributed by atoms with Crippen molar-refractivity contribution < 1.29 is 4.79 Å². The van der Waals surface area contributed by atoms with E-state index in [0.717, 1.165) is 32.2 Å². The number of carbonyl (C=O) groups is 1. The molecule has 1 atom stereocenters. The Morgan fingerprint density at radius 1 is 1.25 bits per heavy atom. The summed E-state index contributed by atoms with van der Waals surface area (Å²) in [5, 5.41) is 3.16. The van der Waals surface area contributed by atoms with Crippen LogP contribution in [0.3, 0.4) is 0 Å². The Morgan fingerprint density at radius 2 is 1.80 bits per heavy atom. The van der Waals surface area contributed by atoms with Crippen LogP contribution in [-0.4, -0.2) is 43.0 Å². The van der Waals surface area contributed by atoms with E-state index in [1.807, 2.05) is 0 Å². The minimum atomic E-state index is -0.353. The van der Waals surface area contributed by atoms with Crippen molar-refractivity contribution in [3.8, 4) is 0 Å². The molecular weight excluding hydrogens is 250 g/mol. The van der Waals surface area contributed by atoms with Crippen LogP contribution in [0.2, 0.25) is 0 Å². The van der Waals surface area contributed by atoms with Gasteiger partial charge in [0.05, 0.1) is 5.41 Å². The highest BCUT2D eigenvalue weighted by atomic mass is 16.2. The largest absolute Gasteiger partial charge is 0.354 e. The summed E-state index contributed by atoms with van der Waals surface area (Å²) >= 11 is 0. The van der Waals surface area contributed by atoms with Gasteiger partial charge in [-0.3, -0.25) is 9.69 Å². The number of nitrogens with one attached hydrogen (secondary N) is 1. The fourth-order valence-electron chi connectivity index (χ4n) is 3.35. The first-order valence-corrected chi connectivity index (χ1v) is 8.32. The van der Waals surface area contributed by atoms with E-state index in [9.17, 15) is 4.79 Å². The van der Waals surface area contributed by atoms with Gasteiger partial charge in [0.25, 0.3) is 0 Å². The van der Waals surface area contributed by atoms with Crippen molar-refractivity contribution in [2.75, 3.05) is 26.2 Å². The number of hydrogen-bond donors (Lipinski definition) is 2. The van der Waals surface area contributed by atoms with Gasteiger partial charge >= 0.3 is 0 Å². The summed E-state index contributed by atoms with van der Waals surface area (Å²) in [7, 11) is 0. The third-order valence-electron chi connectivity index (χ3n) is 4.65. The van der Waals surface area contributed by atoms with Crippen LogP contribution in [0, 0.1) is 5.41 Å². The Balaban J connectivity index is 2.52. The maximum absolute atomic E-state index is 12.6. The van der Waals surface area contributed by atoms with E-state index in [2.05, 4.69) is 31.0 Å². The van der Waals surface area contributed by atoms with Crippen LogP contribution in [0.25, 0.3) is 0 Å². The van der Waals surface area contributed by atoms with Crippen LogP contribution in [0.5, 0.6) is 0 Å². The zero-order valence-corrected chi connectivity index (χ0v) is 13.6. The number of rotatable bonds is 9. The van der Waals surface area contributed by atoms with Gasteiger partial charge in [-0.1, -0.05) is 26.7 Å². The first-order valence-electron chi connectivity index (χ1n) is 8.32. The zero-order valence-electron chi connectivity index (χ0n) is 13.6. The van der Waals surface area contributed by atoms with Crippen molar-refractivity contribution in [1.29, 1.82) is 0 Å². The number of carbonyl (C=O) groups excluding carboxylic acids is 1. The average molecular weight is 283 g/mol. The van der Waals surface area contributed by atoms with Gasteiger partial charge < -0.3 is 11.1 Å². The Labute approximate surface area is 124 Å². The molecule has 20 heavy (non-hydrogen) atoms. The Morgan fingerprint density at radius 3 is 2.25 bits per heavy atom. The minimum Gasteiger partial charge on any atom is -0.354 e. The molecule has 118 valence electrons. The molecule has 0 aromatic carbocycles. The fraction of sp³-hybridized carbons (Fsp3) is 0.938. The van der Waals surface area contributed by atoms with E-state index in [0.29, 0.717) is 12.6 Å². The van der Waals surface area contributed by atoms with Gasteiger partial charge in [0, 0.05) is 19.1 Å². The van der Waals surface area contributed by atoms with E-state index >= 15 is 0 Å². The average Bonchev–Trinajstić information content (AvgIpc) is 2.98. The van der Waals surface area contributed by atoms with Crippen molar-refractivity contribution in [2.45, 2.75) is 65.3 Å². The maximum Gasteiger partial charge on any atom is 0.227 e. The second kappa shape index (κ2) is 8.63. The molecule has 1 unspecified atom stereocenters. The standard InChI is InChI=1S/C16H33N3O/c1-4-8-16(13-17,9-5-2)15(20)18-12-14(3)19-10-6-7-11-19/h14H,4-13,17H2,1-3H3,(H,18,20). The van der Waals surface area contributed by atoms with Gasteiger partial charge in [0.15, 0.2) is 0 Å². The molecule has 0 spiro atoms. The maximum atomic E-state index is 12.6. The van der Waals surface area contributed by atoms with Gasteiger partial charge in [-0.2, -0.15) is 0 Å². The van der Waals surface area contributed by atoms with Crippen molar-refractivity contribution >= 4 is 5.91 Å². The third-order valence-corrected chi connectivity index (χ3v) is 4.65. The Hall–Kier alpha value is -0.610. The highest BCUT2D eigenvalue weighted by Gasteiger charge is 2.35. The number of likely N-dealkylation sites (tertiary alicyclic amines) is 1. The molecule has 3 N–H and O–H groups in total. The lowest BCUT2D eigenvalue weighted by molar-refractivity contribution is -0.131. The van der Waals surface area contributed by atoms with Crippen molar-refractivity contribution in [2.24, 2.45) is 11.1 Å². The number of hydrogen-bond acceptors (Lipinski definition) is 3. The molecule has 1 fully saturated rings. The normalized spacial score (nSPS) is 18.2. The van der Waals surface area contributed by atoms with Gasteiger partial charge in [-0.25, -0.2) is 0 Å².